The number of carbonyl (C=O) groups excluding carboxylic acids is 2. The van der Waals surface area contributed by atoms with Gasteiger partial charge in [-0.05, 0) is 25.0 Å². The Balaban J connectivity index is -0.000000517. The summed E-state index contributed by atoms with van der Waals surface area (Å²) in [6.07, 6.45) is 1.32. The minimum absolute atomic E-state index is 0. The number of benzene rings is 2. The second-order valence-corrected chi connectivity index (χ2v) is 6.57. The Morgan fingerprint density at radius 2 is 1.53 bits per heavy atom. The van der Waals surface area contributed by atoms with Gasteiger partial charge >= 0.3 is 5.97 Å². The zero-order valence-electron chi connectivity index (χ0n) is 21.4. The van der Waals surface area contributed by atoms with Gasteiger partial charge in [0.1, 0.15) is 13.2 Å². The smallest absolute Gasteiger partial charge is 0.332 e. The van der Waals surface area contributed by atoms with E-state index in [1.54, 1.807) is 13.8 Å². The molecule has 0 saturated carbocycles. The molecule has 3 rings (SSSR count). The standard InChI is InChI=1S/C11H11N3O2.C11H14O3.C3H6O2.CH4.CH3.B/c12-11-13-6-9(10(15)14-11)16-7-8-4-2-1-3-5-8;1-2-14-11(12)9-13-8-10-6-4-3-5-7-10;1-2-5-3-4;;;/h1-6H,7H2,(H3,12,13,14,15);3-7H,2,8-9H2,1H3;3H,2H2,1H3;1H4;1H3;/q;;;;2*-1. The van der Waals surface area contributed by atoms with Gasteiger partial charge in [0.25, 0.3) is 12.0 Å². The molecule has 1 heterocycles. The fourth-order valence-electron chi connectivity index (χ4n) is 2.33. The van der Waals surface area contributed by atoms with E-state index >= 15 is 0 Å². The lowest BCUT2D eigenvalue weighted by atomic mass is 10.2. The zero-order chi connectivity index (χ0) is 25.7. The van der Waals surface area contributed by atoms with E-state index in [1.807, 2.05) is 60.7 Å². The Morgan fingerprint density at radius 3 is 1.97 bits per heavy atom. The van der Waals surface area contributed by atoms with E-state index in [0.29, 0.717) is 32.9 Å². The maximum absolute atomic E-state index is 11.4. The first-order chi connectivity index (χ1) is 17.0. The van der Waals surface area contributed by atoms with Gasteiger partial charge in [-0.25, -0.2) is 9.78 Å². The number of nitrogens with two attached hydrogens (primary N) is 1. The largest absolute Gasteiger partial charge is 1.00 e. The minimum atomic E-state index is -0.372. The summed E-state index contributed by atoms with van der Waals surface area (Å²) in [5, 5.41) is 0. The summed E-state index contributed by atoms with van der Waals surface area (Å²) in [5.41, 5.74) is 6.98. The average molecular weight is 527 g/mol. The topological polar surface area (TPSA) is 143 Å². The third kappa shape index (κ3) is 18.2. The van der Waals surface area contributed by atoms with E-state index in [2.05, 4.69) is 14.7 Å². The number of H-pyrrole nitrogens is 1. The minimum Gasteiger partial charge on any atom is -1.00 e. The van der Waals surface area contributed by atoms with Crippen LogP contribution in [0.3, 0.4) is 0 Å². The van der Waals surface area contributed by atoms with Crippen LogP contribution in [0.5, 0.6) is 5.75 Å². The van der Waals surface area contributed by atoms with Crippen LogP contribution in [0.1, 0.15) is 32.4 Å². The first-order valence-electron chi connectivity index (χ1n) is 10.8. The summed E-state index contributed by atoms with van der Waals surface area (Å²) in [7, 11) is 0. The number of esters is 1. The number of hydrogen-bond donors (Lipinski definition) is 2. The lowest BCUT2D eigenvalue weighted by molar-refractivity contribution is -0.148. The number of ether oxygens (including phenoxy) is 4. The number of nitrogens with one attached hydrogen (secondary N) is 1. The van der Waals surface area contributed by atoms with Crippen LogP contribution in [0, 0.1) is 7.43 Å². The Hall–Kier alpha value is -4.12. The van der Waals surface area contributed by atoms with Crippen LogP contribution in [0.2, 0.25) is 0 Å². The summed E-state index contributed by atoms with van der Waals surface area (Å²) in [6, 6.07) is 19.3. The lowest BCUT2D eigenvalue weighted by Crippen LogP contribution is -2.14. The maximum atomic E-state index is 11.4. The first-order valence-corrected chi connectivity index (χ1v) is 10.8. The Labute approximate surface area is 227 Å². The summed E-state index contributed by atoms with van der Waals surface area (Å²) >= 11 is 0. The molecule has 0 aliphatic heterocycles. The van der Waals surface area contributed by atoms with E-state index in [4.69, 9.17) is 19.9 Å². The van der Waals surface area contributed by atoms with Crippen LogP contribution in [-0.4, -0.2) is 50.6 Å². The highest BCUT2D eigenvalue weighted by Crippen LogP contribution is 2.05. The number of aromatic amines is 1. The van der Waals surface area contributed by atoms with Gasteiger partial charge in [0.2, 0.25) is 5.75 Å². The number of aromatic nitrogens is 2. The van der Waals surface area contributed by atoms with Gasteiger partial charge in [-0.1, -0.05) is 68.1 Å². The van der Waals surface area contributed by atoms with Crippen LogP contribution in [0.25, 0.3) is 0 Å². The normalized spacial score (nSPS) is 8.68. The second kappa shape index (κ2) is 24.6. The van der Waals surface area contributed by atoms with Crippen molar-refractivity contribution in [2.75, 3.05) is 25.6 Å². The van der Waals surface area contributed by atoms with Gasteiger partial charge in [0.15, 0.2) is 5.95 Å². The van der Waals surface area contributed by atoms with E-state index < -0.39 is 0 Å². The second-order valence-electron chi connectivity index (χ2n) is 6.57. The van der Waals surface area contributed by atoms with Crippen molar-refractivity contribution < 1.29 is 28.5 Å². The van der Waals surface area contributed by atoms with E-state index in [9.17, 15) is 14.4 Å². The fourth-order valence-corrected chi connectivity index (χ4v) is 2.33. The Morgan fingerprint density at radius 1 is 0.974 bits per heavy atom. The molecule has 0 unspecified atom stereocenters. The van der Waals surface area contributed by atoms with Crippen LogP contribution in [0.15, 0.2) is 71.7 Å². The molecule has 4 radical (unpaired) electrons. The Bertz CT molecular complexity index is 1040. The number of anilines is 1. The zero-order valence-corrected chi connectivity index (χ0v) is 21.4. The monoisotopic (exact) mass is 527 g/mol. The maximum Gasteiger partial charge on any atom is 0.332 e. The van der Waals surface area contributed by atoms with Crippen LogP contribution in [-0.2, 0) is 37.0 Å². The molecule has 0 aliphatic rings. The Kier molecular flexibility index (Phi) is 24.8. The van der Waals surface area contributed by atoms with Crippen molar-refractivity contribution in [3.05, 3.63) is 95.8 Å². The molecule has 2 aromatic carbocycles. The van der Waals surface area contributed by atoms with Crippen LogP contribution < -0.4 is 16.0 Å². The highest BCUT2D eigenvalue weighted by molar-refractivity contribution is 5.75. The predicted molar refractivity (Wildman–Crippen MR) is 149 cm³/mol. The molecule has 0 amide bonds. The summed E-state index contributed by atoms with van der Waals surface area (Å²) in [5.74, 6) is -0.0708. The molecule has 1 aromatic heterocycles. The van der Waals surface area contributed by atoms with Crippen LogP contribution >= 0.6 is 0 Å². The third-order valence-corrected chi connectivity index (χ3v) is 3.89. The van der Waals surface area contributed by atoms with Gasteiger partial charge in [0, 0.05) is 0 Å². The molecule has 0 saturated heterocycles. The molecular formula is C27H38BN3O7-2. The molecule has 0 atom stereocenters. The van der Waals surface area contributed by atoms with Crippen molar-refractivity contribution in [2.45, 2.75) is 34.5 Å². The predicted octanol–water partition coefficient (Wildman–Crippen LogP) is 3.58. The summed E-state index contributed by atoms with van der Waals surface area (Å²) < 4.78 is 19.3. The van der Waals surface area contributed by atoms with Crippen molar-refractivity contribution in [3.63, 3.8) is 0 Å². The van der Waals surface area contributed by atoms with Crippen molar-refractivity contribution in [1.29, 1.82) is 0 Å². The van der Waals surface area contributed by atoms with Crippen molar-refractivity contribution >= 4 is 26.8 Å². The lowest BCUT2D eigenvalue weighted by Gasteiger charge is -2.04. The van der Waals surface area contributed by atoms with E-state index in [1.165, 1.54) is 6.20 Å². The molecule has 38 heavy (non-hydrogen) atoms. The molecule has 11 heteroatoms. The number of rotatable bonds is 10. The van der Waals surface area contributed by atoms with E-state index in [-0.39, 0.29) is 53.1 Å². The molecule has 3 aromatic rings. The summed E-state index contributed by atoms with van der Waals surface area (Å²) in [4.78, 5) is 37.5. The molecule has 10 nitrogen and oxygen atoms in total. The average Bonchev–Trinajstić information content (AvgIpc) is 2.86. The number of hydrogen-bond acceptors (Lipinski definition) is 9. The highest BCUT2D eigenvalue weighted by atomic mass is 16.6. The first kappa shape index (κ1) is 38.4. The molecule has 0 aliphatic carbocycles. The number of nitrogen functional groups attached to an aromatic ring is 1. The molecular weight excluding hydrogens is 489 g/mol. The molecule has 208 valence electrons. The van der Waals surface area contributed by atoms with Crippen molar-refractivity contribution in [1.82, 2.24) is 9.97 Å². The van der Waals surface area contributed by atoms with Gasteiger partial charge in [-0.15, -0.1) is 0 Å². The summed E-state index contributed by atoms with van der Waals surface area (Å²) in [6.45, 7) is 5.62. The molecule has 3 N–H and O–H groups in total. The van der Waals surface area contributed by atoms with Crippen molar-refractivity contribution in [2.24, 2.45) is 0 Å². The quantitative estimate of drug-likeness (QED) is 0.175. The molecule has 0 spiro atoms. The van der Waals surface area contributed by atoms with Gasteiger partial charge in [-0.2, -0.15) is 0 Å². The molecule has 0 bridgehead atoms. The molecule has 0 fully saturated rings. The van der Waals surface area contributed by atoms with Gasteiger partial charge in [0.05, 0.1) is 26.0 Å². The van der Waals surface area contributed by atoms with Crippen LogP contribution in [0.4, 0.5) is 5.95 Å². The number of carbonyl (C=O) groups is 2. The fraction of sp³-hybridized carbons (Fsp3) is 0.296. The SMILES string of the molecule is C.CCOC(=O)COCc1ccccc1.CCOC=O.Nc1ncc(OCc2ccccc2)c(=O)[nH]1.[B-].[CH3-]. The van der Waals surface area contributed by atoms with Gasteiger partial charge < -0.3 is 40.5 Å². The highest BCUT2D eigenvalue weighted by Gasteiger charge is 2.02. The van der Waals surface area contributed by atoms with E-state index in [0.717, 1.165) is 11.1 Å². The third-order valence-electron chi connectivity index (χ3n) is 3.89. The number of nitrogens with zero attached hydrogens (tertiary/aromatic N) is 1. The van der Waals surface area contributed by atoms with Crippen molar-refractivity contribution in [3.8, 4) is 5.75 Å². The van der Waals surface area contributed by atoms with Gasteiger partial charge in [-0.3, -0.25) is 14.6 Å².